The van der Waals surface area contributed by atoms with Crippen LogP contribution in [0.1, 0.15) is 58.8 Å². The van der Waals surface area contributed by atoms with E-state index < -0.39 is 5.60 Å². The van der Waals surface area contributed by atoms with Crippen LogP contribution in [0.15, 0.2) is 22.7 Å². The predicted molar refractivity (Wildman–Crippen MR) is 92.9 cm³/mol. The topological polar surface area (TPSA) is 79.2 Å². The quantitative estimate of drug-likeness (QED) is 0.729. The fourth-order valence-corrected chi connectivity index (χ4v) is 4.92. The Labute approximate surface area is 149 Å². The number of hydrogen-bond donors (Lipinski definition) is 3. The van der Waals surface area contributed by atoms with E-state index in [0.29, 0.717) is 44.0 Å². The normalized spacial score (nSPS) is 38.2. The average Bonchev–Trinajstić information content (AvgIpc) is 2.89. The van der Waals surface area contributed by atoms with Crippen molar-refractivity contribution in [1.29, 1.82) is 0 Å². The molecule has 5 heteroatoms. The Morgan fingerprint density at radius 1 is 1.20 bits per heavy atom. The molecule has 2 aliphatic heterocycles. The molecule has 0 bridgehead atoms. The van der Waals surface area contributed by atoms with Gasteiger partial charge in [0.05, 0.1) is 36.6 Å². The van der Waals surface area contributed by atoms with Gasteiger partial charge in [0.2, 0.25) is 0 Å². The largest absolute Gasteiger partial charge is 0.512 e. The molecule has 25 heavy (non-hydrogen) atoms. The number of rotatable bonds is 3. The van der Waals surface area contributed by atoms with Gasteiger partial charge in [0, 0.05) is 11.8 Å². The van der Waals surface area contributed by atoms with Crippen LogP contribution < -0.4 is 0 Å². The molecule has 1 saturated heterocycles. The van der Waals surface area contributed by atoms with Crippen molar-refractivity contribution in [2.24, 2.45) is 11.8 Å². The van der Waals surface area contributed by atoms with E-state index in [1.165, 1.54) is 5.57 Å². The summed E-state index contributed by atoms with van der Waals surface area (Å²) in [6, 6.07) is 0. The molecule has 2 fully saturated rings. The Morgan fingerprint density at radius 2 is 2.00 bits per heavy atom. The Hall–Kier alpha value is -1.04. The zero-order chi connectivity index (χ0) is 17.8. The van der Waals surface area contributed by atoms with E-state index in [1.807, 2.05) is 0 Å². The Morgan fingerprint density at radius 3 is 2.76 bits per heavy atom. The van der Waals surface area contributed by atoms with Crippen LogP contribution in [0.4, 0.5) is 0 Å². The van der Waals surface area contributed by atoms with Crippen molar-refractivity contribution in [3.05, 3.63) is 22.7 Å². The second kappa shape index (κ2) is 6.29. The van der Waals surface area contributed by atoms with Gasteiger partial charge in [0.25, 0.3) is 0 Å². The highest BCUT2D eigenvalue weighted by Gasteiger charge is 2.50. The van der Waals surface area contributed by atoms with Gasteiger partial charge < -0.3 is 24.8 Å². The molecule has 5 nitrogen and oxygen atoms in total. The highest BCUT2D eigenvalue weighted by atomic mass is 16.5. The molecule has 0 spiro atoms. The number of hydrogen-bond acceptors (Lipinski definition) is 5. The lowest BCUT2D eigenvalue weighted by molar-refractivity contribution is -0.144. The maximum absolute atomic E-state index is 10.4. The molecule has 2 heterocycles. The monoisotopic (exact) mass is 350 g/mol. The van der Waals surface area contributed by atoms with Gasteiger partial charge in [-0.25, -0.2) is 0 Å². The third-order valence-electron chi connectivity index (χ3n) is 6.39. The third kappa shape index (κ3) is 3.34. The summed E-state index contributed by atoms with van der Waals surface area (Å²) >= 11 is 0. The zero-order valence-electron chi connectivity index (χ0n) is 15.2. The van der Waals surface area contributed by atoms with Gasteiger partial charge in [-0.1, -0.05) is 0 Å². The molecule has 5 atom stereocenters. The molecule has 4 rings (SSSR count). The van der Waals surface area contributed by atoms with Gasteiger partial charge in [0.15, 0.2) is 0 Å². The second-order valence-electron chi connectivity index (χ2n) is 8.86. The van der Waals surface area contributed by atoms with Crippen LogP contribution in [0.2, 0.25) is 0 Å². The molecule has 0 aromatic rings. The Balaban J connectivity index is 1.46. The smallest absolute Gasteiger partial charge is 0.112 e. The van der Waals surface area contributed by atoms with Gasteiger partial charge in [-0.15, -0.1) is 0 Å². The van der Waals surface area contributed by atoms with Gasteiger partial charge in [-0.05, 0) is 63.5 Å². The van der Waals surface area contributed by atoms with E-state index in [4.69, 9.17) is 9.47 Å². The molecular formula is C20H30O5. The van der Waals surface area contributed by atoms with Crippen LogP contribution in [0.5, 0.6) is 0 Å². The van der Waals surface area contributed by atoms with Gasteiger partial charge in [0.1, 0.15) is 11.9 Å². The van der Waals surface area contributed by atoms with Crippen molar-refractivity contribution in [1.82, 2.24) is 0 Å². The SMILES string of the molecule is CC(C)(O)CCC1=C(O)CC2=C(C1)[C@@H]1COC3CC(O)CCC3[C@@H]1O2. The highest BCUT2D eigenvalue weighted by molar-refractivity contribution is 5.35. The van der Waals surface area contributed by atoms with Crippen molar-refractivity contribution >= 4 is 0 Å². The maximum atomic E-state index is 10.4. The van der Waals surface area contributed by atoms with Crippen LogP contribution in [-0.4, -0.2) is 45.8 Å². The first kappa shape index (κ1) is 17.4. The molecule has 0 aromatic carbocycles. The van der Waals surface area contributed by atoms with E-state index >= 15 is 0 Å². The number of allylic oxidation sites excluding steroid dienone is 1. The summed E-state index contributed by atoms with van der Waals surface area (Å²) in [7, 11) is 0. The number of aliphatic hydroxyl groups is 3. The molecule has 0 amide bonds. The van der Waals surface area contributed by atoms with Crippen molar-refractivity contribution in [3.63, 3.8) is 0 Å². The summed E-state index contributed by atoms with van der Waals surface area (Å²) in [6.07, 6.45) is 5.03. The van der Waals surface area contributed by atoms with Gasteiger partial charge in [-0.2, -0.15) is 0 Å². The summed E-state index contributed by atoms with van der Waals surface area (Å²) < 4.78 is 12.4. The van der Waals surface area contributed by atoms with E-state index in [2.05, 4.69) is 0 Å². The van der Waals surface area contributed by atoms with Crippen molar-refractivity contribution < 1.29 is 24.8 Å². The minimum absolute atomic E-state index is 0.0996. The Kier molecular flexibility index (Phi) is 4.37. The standard InChI is InChI=1S/C20H30O5/c1-20(2,23)6-5-11-7-14-15-10-24-17-8-12(21)3-4-13(17)19(15)25-18(14)9-16(11)22/h12-13,15,17,19,21-23H,3-10H2,1-2H3/t12?,13?,15-,17?,19-/m0/s1. The first-order chi connectivity index (χ1) is 11.8. The van der Waals surface area contributed by atoms with E-state index in [0.717, 1.165) is 30.6 Å². The Bertz CT molecular complexity index is 600. The number of aliphatic hydroxyl groups excluding tert-OH is 2. The molecule has 2 aliphatic carbocycles. The minimum atomic E-state index is -0.721. The summed E-state index contributed by atoms with van der Waals surface area (Å²) in [5.74, 6) is 1.97. The summed E-state index contributed by atoms with van der Waals surface area (Å²) in [5.41, 5.74) is 1.60. The van der Waals surface area contributed by atoms with Crippen LogP contribution in [0, 0.1) is 11.8 Å². The number of fused-ring (bicyclic) bond motifs is 4. The van der Waals surface area contributed by atoms with Gasteiger partial charge in [-0.3, -0.25) is 0 Å². The van der Waals surface area contributed by atoms with E-state index in [9.17, 15) is 15.3 Å². The van der Waals surface area contributed by atoms with E-state index in [-0.39, 0.29) is 24.2 Å². The third-order valence-corrected chi connectivity index (χ3v) is 6.39. The molecule has 3 unspecified atom stereocenters. The maximum Gasteiger partial charge on any atom is 0.112 e. The lowest BCUT2D eigenvalue weighted by atomic mass is 9.73. The number of ether oxygens (including phenoxy) is 2. The fraction of sp³-hybridized carbons (Fsp3) is 0.800. The molecular weight excluding hydrogens is 320 g/mol. The molecule has 0 aromatic heterocycles. The average molecular weight is 350 g/mol. The molecule has 0 radical (unpaired) electrons. The summed E-state index contributed by atoms with van der Waals surface area (Å²) in [4.78, 5) is 0. The highest BCUT2D eigenvalue weighted by Crippen LogP contribution is 2.50. The van der Waals surface area contributed by atoms with Crippen molar-refractivity contribution in [3.8, 4) is 0 Å². The molecule has 1 saturated carbocycles. The molecule has 3 N–H and O–H groups in total. The summed E-state index contributed by atoms with van der Waals surface area (Å²) in [5, 5.41) is 30.3. The van der Waals surface area contributed by atoms with Crippen molar-refractivity contribution in [2.75, 3.05) is 6.61 Å². The summed E-state index contributed by atoms with van der Waals surface area (Å²) in [6.45, 7) is 4.26. The van der Waals surface area contributed by atoms with Crippen LogP contribution >= 0.6 is 0 Å². The van der Waals surface area contributed by atoms with Crippen LogP contribution in [0.25, 0.3) is 0 Å². The second-order valence-corrected chi connectivity index (χ2v) is 8.86. The fourth-order valence-electron chi connectivity index (χ4n) is 4.92. The van der Waals surface area contributed by atoms with Crippen LogP contribution in [-0.2, 0) is 9.47 Å². The minimum Gasteiger partial charge on any atom is -0.512 e. The predicted octanol–water partition coefficient (Wildman–Crippen LogP) is 2.97. The van der Waals surface area contributed by atoms with Crippen molar-refractivity contribution in [2.45, 2.75) is 82.7 Å². The zero-order valence-corrected chi connectivity index (χ0v) is 15.2. The van der Waals surface area contributed by atoms with E-state index in [1.54, 1.807) is 13.8 Å². The first-order valence-corrected chi connectivity index (χ1v) is 9.62. The lowest BCUT2D eigenvalue weighted by Crippen LogP contribution is -2.49. The first-order valence-electron chi connectivity index (χ1n) is 9.62. The van der Waals surface area contributed by atoms with Crippen LogP contribution in [0.3, 0.4) is 0 Å². The lowest BCUT2D eigenvalue weighted by Gasteiger charge is -2.43. The van der Waals surface area contributed by atoms with Gasteiger partial charge >= 0.3 is 0 Å². The molecule has 140 valence electrons. The molecule has 4 aliphatic rings.